The van der Waals surface area contributed by atoms with E-state index in [2.05, 4.69) is 43.7 Å². The highest BCUT2D eigenvalue weighted by Crippen LogP contribution is 2.24. The van der Waals surface area contributed by atoms with Gasteiger partial charge in [0, 0.05) is 17.1 Å². The summed E-state index contributed by atoms with van der Waals surface area (Å²) >= 11 is 3.44. The number of nitrogens with zero attached hydrogens (tertiary/aromatic N) is 2. The molecule has 3 rings (SSSR count). The largest absolute Gasteiger partial charge is 0.327 e. The molecule has 0 bridgehead atoms. The van der Waals surface area contributed by atoms with Crippen LogP contribution in [0, 0.1) is 0 Å². The van der Waals surface area contributed by atoms with E-state index in [0.717, 1.165) is 26.9 Å². The van der Waals surface area contributed by atoms with Crippen molar-refractivity contribution >= 4 is 27.0 Å². The summed E-state index contributed by atoms with van der Waals surface area (Å²) in [6.07, 6.45) is 0. The molecule has 2 nitrogen and oxygen atoms in total. The first kappa shape index (κ1) is 10.5. The van der Waals surface area contributed by atoms with Crippen molar-refractivity contribution in [3.05, 3.63) is 53.0 Å². The van der Waals surface area contributed by atoms with Crippen LogP contribution < -0.4 is 0 Å². The van der Waals surface area contributed by atoms with Crippen LogP contribution in [0.15, 0.2) is 53.0 Å². The van der Waals surface area contributed by atoms with Crippen LogP contribution in [0.1, 0.15) is 0 Å². The smallest absolute Gasteiger partial charge is 0.140 e. The number of hydrogen-bond acceptors (Lipinski definition) is 1. The molecule has 1 aromatic heterocycles. The minimum atomic E-state index is 0.999. The Morgan fingerprint density at radius 3 is 2.41 bits per heavy atom. The lowest BCUT2D eigenvalue weighted by atomic mass is 10.2. The lowest BCUT2D eigenvalue weighted by molar-refractivity contribution is 0.959. The Balaban J connectivity index is 2.24. The summed E-state index contributed by atoms with van der Waals surface area (Å²) in [7, 11) is 2.05. The molecule has 17 heavy (non-hydrogen) atoms. The molecule has 2 aromatic carbocycles. The fourth-order valence-electron chi connectivity index (χ4n) is 2.00. The fourth-order valence-corrected chi connectivity index (χ4v) is 2.27. The van der Waals surface area contributed by atoms with Gasteiger partial charge in [0.2, 0.25) is 0 Å². The molecule has 3 heteroatoms. The predicted octanol–water partition coefficient (Wildman–Crippen LogP) is 4.00. The molecule has 0 atom stereocenters. The predicted molar refractivity (Wildman–Crippen MR) is 73.9 cm³/mol. The van der Waals surface area contributed by atoms with Crippen LogP contribution in [0.3, 0.4) is 0 Å². The minimum absolute atomic E-state index is 0.999. The molecule has 0 fully saturated rings. The van der Waals surface area contributed by atoms with Crippen molar-refractivity contribution in [3.63, 3.8) is 0 Å². The highest BCUT2D eigenvalue weighted by molar-refractivity contribution is 9.10. The summed E-state index contributed by atoms with van der Waals surface area (Å²) in [5.74, 6) is 0.999. The molecule has 0 aliphatic heterocycles. The summed E-state index contributed by atoms with van der Waals surface area (Å²) in [5.41, 5.74) is 3.32. The number of halogens is 1. The quantitative estimate of drug-likeness (QED) is 0.661. The number of imidazole rings is 1. The number of rotatable bonds is 1. The lowest BCUT2D eigenvalue weighted by Crippen LogP contribution is -1.91. The molecular weight excluding hydrogens is 276 g/mol. The third-order valence-corrected chi connectivity index (χ3v) is 3.42. The van der Waals surface area contributed by atoms with Gasteiger partial charge in [-0.25, -0.2) is 4.98 Å². The molecule has 0 radical (unpaired) electrons. The van der Waals surface area contributed by atoms with Crippen molar-refractivity contribution in [2.75, 3.05) is 0 Å². The third kappa shape index (κ3) is 1.76. The second kappa shape index (κ2) is 4.00. The van der Waals surface area contributed by atoms with Crippen LogP contribution in [0.4, 0.5) is 0 Å². The van der Waals surface area contributed by atoms with Gasteiger partial charge in [0.15, 0.2) is 0 Å². The Labute approximate surface area is 108 Å². The summed E-state index contributed by atoms with van der Waals surface area (Å²) in [5, 5.41) is 0. The average molecular weight is 287 g/mol. The number of benzene rings is 2. The Morgan fingerprint density at radius 1 is 1.00 bits per heavy atom. The Bertz CT molecular complexity index is 668. The van der Waals surface area contributed by atoms with E-state index in [1.165, 1.54) is 0 Å². The van der Waals surface area contributed by atoms with Crippen molar-refractivity contribution in [3.8, 4) is 11.4 Å². The van der Waals surface area contributed by atoms with Crippen molar-refractivity contribution in [2.45, 2.75) is 0 Å². The normalized spacial score (nSPS) is 10.9. The van der Waals surface area contributed by atoms with E-state index in [9.17, 15) is 0 Å². The highest BCUT2D eigenvalue weighted by atomic mass is 79.9. The van der Waals surface area contributed by atoms with Crippen LogP contribution in [0.25, 0.3) is 22.4 Å². The Hall–Kier alpha value is -1.61. The molecule has 0 aliphatic rings. The van der Waals surface area contributed by atoms with Crippen molar-refractivity contribution in [2.24, 2.45) is 7.05 Å². The zero-order valence-electron chi connectivity index (χ0n) is 9.39. The minimum Gasteiger partial charge on any atom is -0.327 e. The van der Waals surface area contributed by atoms with Gasteiger partial charge in [-0.05, 0) is 24.3 Å². The van der Waals surface area contributed by atoms with Crippen molar-refractivity contribution < 1.29 is 0 Å². The molecule has 0 saturated heterocycles. The first-order valence-corrected chi connectivity index (χ1v) is 6.22. The number of aromatic nitrogens is 2. The van der Waals surface area contributed by atoms with Crippen molar-refractivity contribution in [1.82, 2.24) is 9.55 Å². The Kier molecular flexibility index (Phi) is 2.48. The first-order chi connectivity index (χ1) is 8.25. The van der Waals surface area contributed by atoms with Crippen LogP contribution >= 0.6 is 15.9 Å². The Morgan fingerprint density at radius 2 is 1.71 bits per heavy atom. The zero-order valence-corrected chi connectivity index (χ0v) is 11.0. The second-order valence-electron chi connectivity index (χ2n) is 3.99. The number of aryl methyl sites for hydroxylation is 1. The molecule has 0 N–H and O–H groups in total. The van der Waals surface area contributed by atoms with E-state index in [4.69, 9.17) is 0 Å². The monoisotopic (exact) mass is 286 g/mol. The maximum atomic E-state index is 4.66. The van der Waals surface area contributed by atoms with Crippen LogP contribution in [-0.2, 0) is 7.05 Å². The van der Waals surface area contributed by atoms with E-state index in [1.807, 2.05) is 37.4 Å². The molecular formula is C14H11BrN2. The lowest BCUT2D eigenvalue weighted by Gasteiger charge is -2.02. The molecule has 84 valence electrons. The van der Waals surface area contributed by atoms with E-state index in [0.29, 0.717) is 0 Å². The number of para-hydroxylation sites is 2. The average Bonchev–Trinajstić information content (AvgIpc) is 2.69. The fraction of sp³-hybridized carbons (Fsp3) is 0.0714. The van der Waals surface area contributed by atoms with Gasteiger partial charge in [0.1, 0.15) is 5.82 Å². The summed E-state index contributed by atoms with van der Waals surface area (Å²) in [6.45, 7) is 0. The molecule has 0 unspecified atom stereocenters. The van der Waals surface area contributed by atoms with Crippen LogP contribution in [0.2, 0.25) is 0 Å². The van der Waals surface area contributed by atoms with Crippen molar-refractivity contribution in [1.29, 1.82) is 0 Å². The van der Waals surface area contributed by atoms with Gasteiger partial charge in [-0.15, -0.1) is 0 Å². The standard InChI is InChI=1S/C14H11BrN2/c1-17-13-5-3-2-4-12(13)16-14(17)10-6-8-11(15)9-7-10/h2-9H,1H3. The van der Waals surface area contributed by atoms with E-state index in [1.54, 1.807) is 0 Å². The first-order valence-electron chi connectivity index (χ1n) is 5.43. The van der Waals surface area contributed by atoms with E-state index < -0.39 is 0 Å². The van der Waals surface area contributed by atoms with Gasteiger partial charge in [-0.3, -0.25) is 0 Å². The highest BCUT2D eigenvalue weighted by Gasteiger charge is 2.08. The van der Waals surface area contributed by atoms with E-state index in [-0.39, 0.29) is 0 Å². The second-order valence-corrected chi connectivity index (χ2v) is 4.91. The SMILES string of the molecule is Cn1c(-c2ccc(Br)cc2)nc2ccccc21. The van der Waals surface area contributed by atoms with Gasteiger partial charge in [-0.2, -0.15) is 0 Å². The van der Waals surface area contributed by atoms with E-state index >= 15 is 0 Å². The zero-order chi connectivity index (χ0) is 11.8. The summed E-state index contributed by atoms with van der Waals surface area (Å²) in [6, 6.07) is 16.4. The maximum Gasteiger partial charge on any atom is 0.140 e. The molecule has 0 amide bonds. The van der Waals surface area contributed by atoms with Gasteiger partial charge in [-0.1, -0.05) is 40.2 Å². The third-order valence-electron chi connectivity index (χ3n) is 2.89. The number of fused-ring (bicyclic) bond motifs is 1. The molecule has 0 saturated carbocycles. The maximum absolute atomic E-state index is 4.66. The topological polar surface area (TPSA) is 17.8 Å². The number of hydrogen-bond donors (Lipinski definition) is 0. The molecule has 3 aromatic rings. The van der Waals surface area contributed by atoms with Gasteiger partial charge >= 0.3 is 0 Å². The van der Waals surface area contributed by atoms with Crippen LogP contribution in [0.5, 0.6) is 0 Å². The summed E-state index contributed by atoms with van der Waals surface area (Å²) < 4.78 is 3.21. The molecule has 1 heterocycles. The van der Waals surface area contributed by atoms with Gasteiger partial charge in [0.25, 0.3) is 0 Å². The van der Waals surface area contributed by atoms with Crippen LogP contribution in [-0.4, -0.2) is 9.55 Å². The molecule has 0 aliphatic carbocycles. The van der Waals surface area contributed by atoms with Gasteiger partial charge < -0.3 is 4.57 Å². The molecule has 0 spiro atoms. The summed E-state index contributed by atoms with van der Waals surface area (Å²) in [4.78, 5) is 4.66. The van der Waals surface area contributed by atoms with Gasteiger partial charge in [0.05, 0.1) is 11.0 Å².